The van der Waals surface area contributed by atoms with Crippen molar-refractivity contribution in [2.24, 2.45) is 0 Å². The molecule has 0 bridgehead atoms. The smallest absolute Gasteiger partial charge is 0.269 e. The predicted octanol–water partition coefficient (Wildman–Crippen LogP) is 2.65. The number of ether oxygens (including phenoxy) is 1. The van der Waals surface area contributed by atoms with Crippen molar-refractivity contribution in [2.45, 2.75) is 23.8 Å². The number of carbonyl (C=O) groups is 1. The van der Waals surface area contributed by atoms with Crippen molar-refractivity contribution in [1.29, 1.82) is 0 Å². The van der Waals surface area contributed by atoms with Crippen LogP contribution < -0.4 is 5.32 Å². The Morgan fingerprint density at radius 2 is 1.86 bits per heavy atom. The number of nitrogens with zero attached hydrogens (tertiary/aromatic N) is 2. The summed E-state index contributed by atoms with van der Waals surface area (Å²) >= 11 is 0. The summed E-state index contributed by atoms with van der Waals surface area (Å²) in [5, 5.41) is 13.3. The second-order valence-electron chi connectivity index (χ2n) is 6.70. The molecule has 10 heteroatoms. The highest BCUT2D eigenvalue weighted by Crippen LogP contribution is 2.20. The first-order valence-electron chi connectivity index (χ1n) is 9.01. The molecule has 0 aromatic heterocycles. The molecule has 1 N–H and O–H groups in total. The van der Waals surface area contributed by atoms with Crippen LogP contribution in [0.1, 0.15) is 23.2 Å². The summed E-state index contributed by atoms with van der Waals surface area (Å²) < 4.78 is 32.1. The number of benzene rings is 2. The predicted molar refractivity (Wildman–Crippen MR) is 106 cm³/mol. The van der Waals surface area contributed by atoms with Gasteiger partial charge in [-0.2, -0.15) is 4.31 Å². The van der Waals surface area contributed by atoms with E-state index in [0.29, 0.717) is 12.3 Å². The van der Waals surface area contributed by atoms with Crippen LogP contribution in [0.5, 0.6) is 0 Å². The fourth-order valence-electron chi connectivity index (χ4n) is 3.00. The summed E-state index contributed by atoms with van der Waals surface area (Å²) in [4.78, 5) is 22.6. The van der Waals surface area contributed by atoms with Crippen LogP contribution in [0.25, 0.3) is 0 Å². The molecular formula is C19H21N3O6S. The molecule has 0 saturated carbocycles. The lowest BCUT2D eigenvalue weighted by Crippen LogP contribution is -2.34. The van der Waals surface area contributed by atoms with Gasteiger partial charge in [0, 0.05) is 43.6 Å². The van der Waals surface area contributed by atoms with Gasteiger partial charge in [-0.25, -0.2) is 8.42 Å². The number of nitrogens with one attached hydrogen (secondary N) is 1. The Morgan fingerprint density at radius 1 is 1.21 bits per heavy atom. The number of anilines is 1. The second-order valence-corrected chi connectivity index (χ2v) is 8.75. The summed E-state index contributed by atoms with van der Waals surface area (Å²) in [7, 11) is -2.18. The van der Waals surface area contributed by atoms with E-state index in [0.717, 1.165) is 12.8 Å². The van der Waals surface area contributed by atoms with E-state index in [9.17, 15) is 23.3 Å². The second kappa shape index (κ2) is 8.68. The number of nitro groups is 1. The van der Waals surface area contributed by atoms with Gasteiger partial charge in [0.15, 0.2) is 0 Å². The fraction of sp³-hybridized carbons (Fsp3) is 0.316. The van der Waals surface area contributed by atoms with E-state index in [-0.39, 0.29) is 28.8 Å². The lowest BCUT2D eigenvalue weighted by molar-refractivity contribution is -0.384. The first-order valence-corrected chi connectivity index (χ1v) is 10.5. The van der Waals surface area contributed by atoms with Gasteiger partial charge >= 0.3 is 0 Å². The molecular weight excluding hydrogens is 398 g/mol. The molecule has 154 valence electrons. The highest BCUT2D eigenvalue weighted by molar-refractivity contribution is 7.89. The van der Waals surface area contributed by atoms with Crippen molar-refractivity contribution in [2.75, 3.05) is 25.5 Å². The van der Waals surface area contributed by atoms with Crippen LogP contribution in [0.3, 0.4) is 0 Å². The van der Waals surface area contributed by atoms with Crippen LogP contribution in [0.4, 0.5) is 11.4 Å². The van der Waals surface area contributed by atoms with Gasteiger partial charge in [-0.1, -0.05) is 0 Å². The molecule has 1 fully saturated rings. The molecule has 1 saturated heterocycles. The zero-order chi connectivity index (χ0) is 21.0. The summed E-state index contributed by atoms with van der Waals surface area (Å²) in [5.74, 6) is -0.449. The Labute approximate surface area is 168 Å². The Balaban J connectivity index is 1.66. The van der Waals surface area contributed by atoms with Gasteiger partial charge in [0.2, 0.25) is 10.0 Å². The lowest BCUT2D eigenvalue weighted by Gasteiger charge is -2.20. The molecule has 1 aliphatic heterocycles. The Hall–Kier alpha value is -2.82. The number of sulfonamides is 1. The highest BCUT2D eigenvalue weighted by Gasteiger charge is 2.26. The number of likely N-dealkylation sites (N-methyl/N-ethyl adjacent to an activating group) is 1. The van der Waals surface area contributed by atoms with E-state index in [1.807, 2.05) is 0 Å². The SMILES string of the molecule is CN(C[C@@H]1CCCO1)S(=O)(=O)c1ccc(C(=O)Nc2ccc([N+](=O)[O-])cc2)cc1. The van der Waals surface area contributed by atoms with E-state index in [1.165, 1.54) is 59.9 Å². The van der Waals surface area contributed by atoms with E-state index >= 15 is 0 Å². The molecule has 1 atom stereocenters. The maximum Gasteiger partial charge on any atom is 0.269 e. The average Bonchev–Trinajstić information content (AvgIpc) is 3.21. The van der Waals surface area contributed by atoms with Crippen molar-refractivity contribution in [3.05, 3.63) is 64.2 Å². The quantitative estimate of drug-likeness (QED) is 0.544. The fourth-order valence-corrected chi connectivity index (χ4v) is 4.20. The molecule has 2 aromatic rings. The number of hydrogen-bond acceptors (Lipinski definition) is 6. The zero-order valence-electron chi connectivity index (χ0n) is 15.8. The minimum atomic E-state index is -3.68. The Bertz CT molecular complexity index is 984. The maximum atomic E-state index is 12.7. The van der Waals surface area contributed by atoms with Crippen LogP contribution in [-0.2, 0) is 14.8 Å². The van der Waals surface area contributed by atoms with Gasteiger partial charge in [0.05, 0.1) is 15.9 Å². The topological polar surface area (TPSA) is 119 Å². The molecule has 0 spiro atoms. The number of non-ortho nitro benzene ring substituents is 1. The number of amides is 1. The van der Waals surface area contributed by atoms with Crippen LogP contribution in [0.2, 0.25) is 0 Å². The van der Waals surface area contributed by atoms with Gasteiger partial charge in [-0.15, -0.1) is 0 Å². The summed E-state index contributed by atoms with van der Waals surface area (Å²) in [6.07, 6.45) is 1.67. The number of carbonyl (C=O) groups excluding carboxylic acids is 1. The summed E-state index contributed by atoms with van der Waals surface area (Å²) in [6, 6.07) is 11.0. The number of nitro benzene ring substituents is 1. The summed E-state index contributed by atoms with van der Waals surface area (Å²) in [6.45, 7) is 0.932. The lowest BCUT2D eigenvalue weighted by atomic mass is 10.2. The van der Waals surface area contributed by atoms with Crippen molar-refractivity contribution in [3.63, 3.8) is 0 Å². The van der Waals surface area contributed by atoms with Crippen molar-refractivity contribution >= 4 is 27.3 Å². The maximum absolute atomic E-state index is 12.7. The van der Waals surface area contributed by atoms with Crippen LogP contribution in [0.15, 0.2) is 53.4 Å². The molecule has 1 aliphatic rings. The molecule has 9 nitrogen and oxygen atoms in total. The third-order valence-corrected chi connectivity index (χ3v) is 6.48. The average molecular weight is 419 g/mol. The molecule has 3 rings (SSSR count). The third kappa shape index (κ3) is 4.97. The van der Waals surface area contributed by atoms with Crippen LogP contribution >= 0.6 is 0 Å². The van der Waals surface area contributed by atoms with Crippen molar-refractivity contribution in [1.82, 2.24) is 4.31 Å². The largest absolute Gasteiger partial charge is 0.377 e. The molecule has 1 heterocycles. The van der Waals surface area contributed by atoms with Gasteiger partial charge in [0.25, 0.3) is 11.6 Å². The monoisotopic (exact) mass is 419 g/mol. The Morgan fingerprint density at radius 3 is 2.41 bits per heavy atom. The van der Waals surface area contributed by atoms with Gasteiger partial charge in [-0.05, 0) is 49.2 Å². The zero-order valence-corrected chi connectivity index (χ0v) is 16.6. The minimum Gasteiger partial charge on any atom is -0.377 e. The van der Waals surface area contributed by atoms with E-state index in [2.05, 4.69) is 5.32 Å². The first-order chi connectivity index (χ1) is 13.8. The molecule has 1 amide bonds. The van der Waals surface area contributed by atoms with Crippen molar-refractivity contribution < 1.29 is 22.9 Å². The van der Waals surface area contributed by atoms with E-state index in [4.69, 9.17) is 4.74 Å². The minimum absolute atomic E-state index is 0.0790. The number of hydrogen-bond donors (Lipinski definition) is 1. The third-order valence-electron chi connectivity index (χ3n) is 4.65. The van der Waals surface area contributed by atoms with Crippen molar-refractivity contribution in [3.8, 4) is 0 Å². The van der Waals surface area contributed by atoms with Gasteiger partial charge < -0.3 is 10.1 Å². The first kappa shape index (κ1) is 20.9. The van der Waals surface area contributed by atoms with E-state index in [1.54, 1.807) is 0 Å². The number of rotatable bonds is 7. The summed E-state index contributed by atoms with van der Waals surface area (Å²) in [5.41, 5.74) is 0.586. The van der Waals surface area contributed by atoms with Crippen LogP contribution in [0, 0.1) is 10.1 Å². The van der Waals surface area contributed by atoms with E-state index < -0.39 is 20.9 Å². The molecule has 2 aromatic carbocycles. The van der Waals surface area contributed by atoms with Crippen LogP contribution in [-0.4, -0.2) is 49.9 Å². The molecule has 29 heavy (non-hydrogen) atoms. The molecule has 0 radical (unpaired) electrons. The normalized spacial score (nSPS) is 16.7. The van der Waals surface area contributed by atoms with Gasteiger partial charge in [-0.3, -0.25) is 14.9 Å². The molecule has 0 aliphatic carbocycles. The highest BCUT2D eigenvalue weighted by atomic mass is 32.2. The van der Waals surface area contributed by atoms with Gasteiger partial charge in [0.1, 0.15) is 0 Å². The molecule has 0 unspecified atom stereocenters. The standard InChI is InChI=1S/C19H21N3O6S/c1-21(13-17-3-2-12-28-17)29(26,27)18-10-4-14(5-11-18)19(23)20-15-6-8-16(9-7-15)22(24)25/h4-11,17H,2-3,12-13H2,1H3,(H,20,23)/t17-/m0/s1. The Kier molecular flexibility index (Phi) is 6.26.